The standard InChI is InChI=1S/C14H9NO/c1-2-4-12-10(3-1)14-9-7-8-15-11(9)5-6-13(14)16-12/h1-8,15H. The molecule has 4 rings (SSSR count). The Kier molecular flexibility index (Phi) is 1.33. The number of furan rings is 1. The fourth-order valence-corrected chi connectivity index (χ4v) is 2.36. The normalized spacial score (nSPS) is 11.8. The van der Waals surface area contributed by atoms with E-state index in [4.69, 9.17) is 4.42 Å². The van der Waals surface area contributed by atoms with Crippen molar-refractivity contribution in [3.05, 3.63) is 48.7 Å². The minimum Gasteiger partial charge on any atom is -0.456 e. The number of H-pyrrole nitrogens is 1. The average Bonchev–Trinajstić information content (AvgIpc) is 2.91. The smallest absolute Gasteiger partial charge is 0.136 e. The first-order valence-electron chi connectivity index (χ1n) is 5.31. The molecule has 0 fully saturated rings. The molecule has 0 amide bonds. The molecule has 0 aliphatic carbocycles. The predicted molar refractivity (Wildman–Crippen MR) is 65.6 cm³/mol. The Morgan fingerprint density at radius 1 is 0.812 bits per heavy atom. The summed E-state index contributed by atoms with van der Waals surface area (Å²) >= 11 is 0. The summed E-state index contributed by atoms with van der Waals surface area (Å²) in [7, 11) is 0. The van der Waals surface area contributed by atoms with Gasteiger partial charge in [-0.3, -0.25) is 0 Å². The van der Waals surface area contributed by atoms with Crippen molar-refractivity contribution in [3.8, 4) is 0 Å². The molecule has 0 unspecified atom stereocenters. The van der Waals surface area contributed by atoms with Gasteiger partial charge in [0.15, 0.2) is 0 Å². The van der Waals surface area contributed by atoms with E-state index < -0.39 is 0 Å². The Labute approximate surface area is 91.5 Å². The van der Waals surface area contributed by atoms with Crippen LogP contribution >= 0.6 is 0 Å². The molecular weight excluding hydrogens is 198 g/mol. The summed E-state index contributed by atoms with van der Waals surface area (Å²) in [6, 6.07) is 14.3. The lowest BCUT2D eigenvalue weighted by atomic mass is 10.1. The molecule has 0 saturated carbocycles. The van der Waals surface area contributed by atoms with Gasteiger partial charge in [0.25, 0.3) is 0 Å². The van der Waals surface area contributed by atoms with Crippen LogP contribution in [0.4, 0.5) is 0 Å². The van der Waals surface area contributed by atoms with Crippen molar-refractivity contribution in [1.82, 2.24) is 4.98 Å². The second-order valence-electron chi connectivity index (χ2n) is 3.98. The molecule has 0 radical (unpaired) electrons. The van der Waals surface area contributed by atoms with Crippen LogP contribution in [0.3, 0.4) is 0 Å². The molecule has 0 spiro atoms. The Morgan fingerprint density at radius 3 is 2.75 bits per heavy atom. The first-order chi connectivity index (χ1) is 7.93. The van der Waals surface area contributed by atoms with Crippen LogP contribution in [0.2, 0.25) is 0 Å². The minimum atomic E-state index is 0.950. The topological polar surface area (TPSA) is 28.9 Å². The molecule has 0 atom stereocenters. The highest BCUT2D eigenvalue weighted by Crippen LogP contribution is 2.33. The van der Waals surface area contributed by atoms with Gasteiger partial charge in [-0.1, -0.05) is 18.2 Å². The second kappa shape index (κ2) is 2.67. The lowest BCUT2D eigenvalue weighted by molar-refractivity contribution is 0.669. The van der Waals surface area contributed by atoms with E-state index in [9.17, 15) is 0 Å². The van der Waals surface area contributed by atoms with Crippen LogP contribution in [0.15, 0.2) is 53.1 Å². The molecule has 2 aromatic heterocycles. The third kappa shape index (κ3) is 0.865. The van der Waals surface area contributed by atoms with E-state index in [0.717, 1.165) is 16.7 Å². The van der Waals surface area contributed by atoms with Gasteiger partial charge in [-0.15, -0.1) is 0 Å². The van der Waals surface area contributed by atoms with Gasteiger partial charge in [0.1, 0.15) is 11.2 Å². The Balaban J connectivity index is 2.42. The maximum Gasteiger partial charge on any atom is 0.136 e. The fraction of sp³-hybridized carbons (Fsp3) is 0. The number of hydrogen-bond donors (Lipinski definition) is 1. The van der Waals surface area contributed by atoms with Crippen LogP contribution in [0, 0.1) is 0 Å². The molecule has 0 aliphatic rings. The number of rotatable bonds is 0. The third-order valence-electron chi connectivity index (χ3n) is 3.07. The molecule has 2 heteroatoms. The molecular formula is C14H9NO. The van der Waals surface area contributed by atoms with E-state index in [1.165, 1.54) is 16.2 Å². The van der Waals surface area contributed by atoms with Gasteiger partial charge in [0, 0.05) is 27.9 Å². The van der Waals surface area contributed by atoms with Crippen molar-refractivity contribution in [3.63, 3.8) is 0 Å². The summed E-state index contributed by atoms with van der Waals surface area (Å²) in [5.74, 6) is 0. The van der Waals surface area contributed by atoms with Crippen LogP contribution < -0.4 is 0 Å². The SMILES string of the molecule is c1ccc2c(c1)oc1ccc3[nH]ccc3c12. The molecule has 76 valence electrons. The summed E-state index contributed by atoms with van der Waals surface area (Å²) in [4.78, 5) is 3.22. The fourth-order valence-electron chi connectivity index (χ4n) is 2.36. The molecule has 16 heavy (non-hydrogen) atoms. The van der Waals surface area contributed by atoms with Crippen molar-refractivity contribution in [2.24, 2.45) is 0 Å². The number of fused-ring (bicyclic) bond motifs is 5. The number of aromatic nitrogens is 1. The Morgan fingerprint density at radius 2 is 1.75 bits per heavy atom. The molecule has 4 aromatic rings. The lowest BCUT2D eigenvalue weighted by Crippen LogP contribution is -1.69. The highest BCUT2D eigenvalue weighted by atomic mass is 16.3. The maximum atomic E-state index is 5.82. The van der Waals surface area contributed by atoms with Crippen LogP contribution in [0.25, 0.3) is 32.8 Å². The second-order valence-corrected chi connectivity index (χ2v) is 3.98. The monoisotopic (exact) mass is 207 g/mol. The van der Waals surface area contributed by atoms with E-state index in [2.05, 4.69) is 23.2 Å². The van der Waals surface area contributed by atoms with Crippen molar-refractivity contribution in [2.75, 3.05) is 0 Å². The molecule has 2 nitrogen and oxygen atoms in total. The summed E-state index contributed by atoms with van der Waals surface area (Å²) in [6.07, 6.45) is 1.96. The van der Waals surface area contributed by atoms with Gasteiger partial charge >= 0.3 is 0 Å². The van der Waals surface area contributed by atoms with Crippen molar-refractivity contribution >= 4 is 32.8 Å². The van der Waals surface area contributed by atoms with Crippen LogP contribution in [-0.4, -0.2) is 4.98 Å². The van der Waals surface area contributed by atoms with E-state index in [-0.39, 0.29) is 0 Å². The first-order valence-corrected chi connectivity index (χ1v) is 5.31. The summed E-state index contributed by atoms with van der Waals surface area (Å²) in [5.41, 5.74) is 3.05. The van der Waals surface area contributed by atoms with Gasteiger partial charge < -0.3 is 9.40 Å². The molecule has 0 aliphatic heterocycles. The zero-order valence-corrected chi connectivity index (χ0v) is 8.53. The average molecular weight is 207 g/mol. The van der Waals surface area contributed by atoms with Crippen LogP contribution in [0.5, 0.6) is 0 Å². The summed E-state index contributed by atoms with van der Waals surface area (Å²) < 4.78 is 5.82. The Bertz CT molecular complexity index is 807. The molecule has 2 heterocycles. The minimum absolute atomic E-state index is 0.950. The van der Waals surface area contributed by atoms with Gasteiger partial charge in [0.05, 0.1) is 0 Å². The van der Waals surface area contributed by atoms with E-state index in [1.54, 1.807) is 0 Å². The van der Waals surface area contributed by atoms with E-state index in [1.807, 2.05) is 30.5 Å². The van der Waals surface area contributed by atoms with Crippen molar-refractivity contribution in [2.45, 2.75) is 0 Å². The predicted octanol–water partition coefficient (Wildman–Crippen LogP) is 4.07. The molecule has 2 aromatic carbocycles. The highest BCUT2D eigenvalue weighted by Gasteiger charge is 2.09. The highest BCUT2D eigenvalue weighted by molar-refractivity contribution is 6.18. The summed E-state index contributed by atoms with van der Waals surface area (Å²) in [5, 5.41) is 3.61. The number of aromatic amines is 1. The van der Waals surface area contributed by atoms with Crippen LogP contribution in [0.1, 0.15) is 0 Å². The van der Waals surface area contributed by atoms with Crippen LogP contribution in [-0.2, 0) is 0 Å². The first kappa shape index (κ1) is 7.99. The number of hydrogen-bond acceptors (Lipinski definition) is 1. The van der Waals surface area contributed by atoms with Gasteiger partial charge in [-0.2, -0.15) is 0 Å². The molecule has 0 saturated heterocycles. The van der Waals surface area contributed by atoms with E-state index >= 15 is 0 Å². The van der Waals surface area contributed by atoms with Gasteiger partial charge in [0.2, 0.25) is 0 Å². The zero-order chi connectivity index (χ0) is 10.5. The molecule has 0 bridgehead atoms. The lowest BCUT2D eigenvalue weighted by Gasteiger charge is -1.92. The largest absolute Gasteiger partial charge is 0.456 e. The number of benzene rings is 2. The van der Waals surface area contributed by atoms with Gasteiger partial charge in [-0.05, 0) is 24.3 Å². The quantitative estimate of drug-likeness (QED) is 0.462. The van der Waals surface area contributed by atoms with Gasteiger partial charge in [-0.25, -0.2) is 0 Å². The Hall–Kier alpha value is -2.22. The zero-order valence-electron chi connectivity index (χ0n) is 8.53. The van der Waals surface area contributed by atoms with Crippen molar-refractivity contribution < 1.29 is 4.42 Å². The van der Waals surface area contributed by atoms with Crippen molar-refractivity contribution in [1.29, 1.82) is 0 Å². The summed E-state index contributed by atoms with van der Waals surface area (Å²) in [6.45, 7) is 0. The maximum absolute atomic E-state index is 5.82. The number of nitrogens with one attached hydrogen (secondary N) is 1. The third-order valence-corrected chi connectivity index (χ3v) is 3.07. The number of para-hydroxylation sites is 1. The molecule has 1 N–H and O–H groups in total. The van der Waals surface area contributed by atoms with E-state index in [0.29, 0.717) is 0 Å².